The summed E-state index contributed by atoms with van der Waals surface area (Å²) in [4.78, 5) is 73.7. The minimum absolute atomic E-state index is 0.0794. The number of carbonyl (C=O) groups is 5. The molecule has 57 heavy (non-hydrogen) atoms. The standard InChI is InChI=1S/C43H50N6O8/c1-27-21-33(22-28(2)46-27)43(54)49-20-10-9-19-44-41(52)31-15-18-36(55-4)38(23-31)57-34-16-14-32(37(24-34)56-5)25-45-40(51)29(3)47-42(53)35(48-39(50)26-49)17-13-30-11-7-6-8-12-30/h6-8,11-12,14-16,18,21-24,29,35H,9-10,13,17,19-20,25-26H2,1-5H3,(H,44,52)(H,45,51)(H,47,53)(H,48,50)/t29-,35-/m0/s1. The average molecular weight is 779 g/mol. The topological polar surface area (TPSA) is 177 Å². The third kappa shape index (κ3) is 11.8. The number of nitrogens with one attached hydrogen (secondary N) is 4. The van der Waals surface area contributed by atoms with E-state index in [0.29, 0.717) is 76.9 Å². The molecule has 0 saturated heterocycles. The quantitative estimate of drug-likeness (QED) is 0.207. The van der Waals surface area contributed by atoms with E-state index in [1.54, 1.807) is 69.3 Å². The molecule has 3 aromatic carbocycles. The van der Waals surface area contributed by atoms with Gasteiger partial charge in [0.15, 0.2) is 11.5 Å². The maximum absolute atomic E-state index is 13.9. The van der Waals surface area contributed by atoms with Crippen molar-refractivity contribution >= 4 is 29.5 Å². The summed E-state index contributed by atoms with van der Waals surface area (Å²) in [5, 5.41) is 11.3. The molecule has 2 aliphatic heterocycles. The monoisotopic (exact) mass is 778 g/mol. The van der Waals surface area contributed by atoms with Gasteiger partial charge in [-0.25, -0.2) is 0 Å². The van der Waals surface area contributed by atoms with Crippen LogP contribution in [0.5, 0.6) is 23.0 Å². The van der Waals surface area contributed by atoms with Gasteiger partial charge in [-0.1, -0.05) is 30.3 Å². The number of aryl methyl sites for hydroxylation is 3. The summed E-state index contributed by atoms with van der Waals surface area (Å²) in [6, 6.07) is 20.9. The Morgan fingerprint density at radius 1 is 0.842 bits per heavy atom. The van der Waals surface area contributed by atoms with Crippen LogP contribution in [0.25, 0.3) is 0 Å². The van der Waals surface area contributed by atoms with Crippen molar-refractivity contribution in [2.45, 2.75) is 65.1 Å². The van der Waals surface area contributed by atoms with Crippen LogP contribution in [0.2, 0.25) is 0 Å². The van der Waals surface area contributed by atoms with Crippen molar-refractivity contribution in [3.63, 3.8) is 0 Å². The number of methoxy groups -OCH3 is 2. The highest BCUT2D eigenvalue weighted by atomic mass is 16.5. The van der Waals surface area contributed by atoms with E-state index in [1.807, 2.05) is 30.3 Å². The molecule has 0 aliphatic carbocycles. The summed E-state index contributed by atoms with van der Waals surface area (Å²) >= 11 is 0. The number of aromatic nitrogens is 1. The van der Waals surface area contributed by atoms with Crippen molar-refractivity contribution in [3.8, 4) is 23.0 Å². The molecule has 1 aromatic heterocycles. The summed E-state index contributed by atoms with van der Waals surface area (Å²) in [6.45, 7) is 5.39. The number of hydrogen-bond acceptors (Lipinski definition) is 9. The first kappa shape index (κ1) is 41.7. The van der Waals surface area contributed by atoms with E-state index in [2.05, 4.69) is 26.3 Å². The van der Waals surface area contributed by atoms with Crippen molar-refractivity contribution in [2.75, 3.05) is 33.9 Å². The zero-order valence-corrected chi connectivity index (χ0v) is 33.0. The second kappa shape index (κ2) is 19.9. The lowest BCUT2D eigenvalue weighted by atomic mass is 10.0. The summed E-state index contributed by atoms with van der Waals surface area (Å²) < 4.78 is 17.2. The number of ether oxygens (including phenoxy) is 3. The molecular formula is C43H50N6O8. The van der Waals surface area contributed by atoms with Gasteiger partial charge >= 0.3 is 0 Å². The molecule has 0 saturated carbocycles. The highest BCUT2D eigenvalue weighted by molar-refractivity contribution is 5.98. The van der Waals surface area contributed by atoms with Crippen LogP contribution in [-0.4, -0.2) is 85.4 Å². The van der Waals surface area contributed by atoms with Crippen LogP contribution < -0.4 is 35.5 Å². The minimum Gasteiger partial charge on any atom is -0.496 e. The molecule has 0 fully saturated rings. The van der Waals surface area contributed by atoms with Gasteiger partial charge < -0.3 is 40.4 Å². The van der Waals surface area contributed by atoms with Crippen molar-refractivity contribution in [1.82, 2.24) is 31.2 Å². The van der Waals surface area contributed by atoms with E-state index < -0.39 is 29.8 Å². The first-order valence-corrected chi connectivity index (χ1v) is 18.9. The molecule has 14 heteroatoms. The maximum atomic E-state index is 13.9. The summed E-state index contributed by atoms with van der Waals surface area (Å²) in [6.07, 6.45) is 1.67. The first-order chi connectivity index (χ1) is 27.4. The predicted molar refractivity (Wildman–Crippen MR) is 213 cm³/mol. The van der Waals surface area contributed by atoms with Crippen molar-refractivity contribution < 1.29 is 38.2 Å². The van der Waals surface area contributed by atoms with Gasteiger partial charge in [0.1, 0.15) is 23.6 Å². The highest BCUT2D eigenvalue weighted by Gasteiger charge is 2.27. The van der Waals surface area contributed by atoms with Gasteiger partial charge in [-0.3, -0.25) is 29.0 Å². The second-order valence-electron chi connectivity index (χ2n) is 13.9. The fourth-order valence-corrected chi connectivity index (χ4v) is 6.44. The second-order valence-corrected chi connectivity index (χ2v) is 13.9. The summed E-state index contributed by atoms with van der Waals surface area (Å²) in [5.74, 6) is -0.679. The summed E-state index contributed by atoms with van der Waals surface area (Å²) in [7, 11) is 2.99. The fourth-order valence-electron chi connectivity index (χ4n) is 6.44. The van der Waals surface area contributed by atoms with Gasteiger partial charge in [0.05, 0.1) is 20.8 Å². The molecule has 4 bridgehead atoms. The lowest BCUT2D eigenvalue weighted by Crippen LogP contribution is -2.54. The molecule has 3 heterocycles. The third-order valence-corrected chi connectivity index (χ3v) is 9.42. The number of carbonyl (C=O) groups excluding carboxylic acids is 5. The molecule has 0 unspecified atom stereocenters. The number of benzene rings is 3. The number of rotatable bonds is 6. The van der Waals surface area contributed by atoms with E-state index in [1.165, 1.54) is 19.1 Å². The van der Waals surface area contributed by atoms with Crippen LogP contribution in [0.1, 0.15) is 69.4 Å². The molecule has 0 spiro atoms. The minimum atomic E-state index is -1.01. The van der Waals surface area contributed by atoms with Crippen LogP contribution in [0.4, 0.5) is 0 Å². The molecule has 0 radical (unpaired) electrons. The molecule has 5 amide bonds. The molecular weight excluding hydrogens is 729 g/mol. The van der Waals surface area contributed by atoms with Gasteiger partial charge in [0.25, 0.3) is 11.8 Å². The fraction of sp³-hybridized carbons (Fsp3) is 0.349. The number of pyridine rings is 1. The normalized spacial score (nSPS) is 17.5. The third-order valence-electron chi connectivity index (χ3n) is 9.42. The van der Waals surface area contributed by atoms with Crippen LogP contribution in [-0.2, 0) is 27.3 Å². The molecule has 4 N–H and O–H groups in total. The van der Waals surface area contributed by atoms with E-state index in [4.69, 9.17) is 14.2 Å². The SMILES string of the molecule is COc1cc2ccc1CNC(=O)[C@H](C)NC(=O)[C@H](CCc1ccccc1)NC(=O)CN(C(=O)c1cc(C)nc(C)c1)CCCCNC(=O)c1ccc(OC)c(c1)O2. The van der Waals surface area contributed by atoms with Crippen LogP contribution in [0.15, 0.2) is 78.9 Å². The van der Waals surface area contributed by atoms with Crippen LogP contribution in [0.3, 0.4) is 0 Å². The van der Waals surface area contributed by atoms with E-state index in [0.717, 1.165) is 5.56 Å². The number of hydrogen-bond donors (Lipinski definition) is 4. The average Bonchev–Trinajstić information content (AvgIpc) is 3.20. The van der Waals surface area contributed by atoms with E-state index >= 15 is 0 Å². The highest BCUT2D eigenvalue weighted by Crippen LogP contribution is 2.35. The molecule has 2 aliphatic rings. The van der Waals surface area contributed by atoms with Crippen LogP contribution >= 0.6 is 0 Å². The zero-order valence-electron chi connectivity index (χ0n) is 33.0. The van der Waals surface area contributed by atoms with Gasteiger partial charge in [-0.15, -0.1) is 0 Å². The van der Waals surface area contributed by atoms with Gasteiger partial charge in [-0.2, -0.15) is 0 Å². The van der Waals surface area contributed by atoms with Gasteiger partial charge in [0.2, 0.25) is 17.7 Å². The Morgan fingerprint density at radius 3 is 2.30 bits per heavy atom. The zero-order chi connectivity index (χ0) is 40.9. The number of amides is 5. The molecule has 6 rings (SSSR count). The van der Waals surface area contributed by atoms with Crippen LogP contribution in [0, 0.1) is 13.8 Å². The smallest absolute Gasteiger partial charge is 0.254 e. The molecule has 300 valence electrons. The Labute approximate surface area is 332 Å². The van der Waals surface area contributed by atoms with Crippen molar-refractivity contribution in [1.29, 1.82) is 0 Å². The van der Waals surface area contributed by atoms with Crippen molar-refractivity contribution in [3.05, 3.63) is 113 Å². The number of nitrogens with zero attached hydrogens (tertiary/aromatic N) is 2. The van der Waals surface area contributed by atoms with Gasteiger partial charge in [-0.05, 0) is 94.5 Å². The first-order valence-electron chi connectivity index (χ1n) is 18.9. The Balaban J connectivity index is 1.42. The van der Waals surface area contributed by atoms with E-state index in [9.17, 15) is 24.0 Å². The Hall–Kier alpha value is -6.44. The Kier molecular flexibility index (Phi) is 14.6. The Morgan fingerprint density at radius 2 is 1.58 bits per heavy atom. The predicted octanol–water partition coefficient (Wildman–Crippen LogP) is 4.41. The molecule has 4 aromatic rings. The summed E-state index contributed by atoms with van der Waals surface area (Å²) in [5.41, 5.74) is 3.66. The lowest BCUT2D eigenvalue weighted by Gasteiger charge is -2.25. The molecule has 2 atom stereocenters. The van der Waals surface area contributed by atoms with E-state index in [-0.39, 0.29) is 37.9 Å². The lowest BCUT2D eigenvalue weighted by molar-refractivity contribution is -0.132. The maximum Gasteiger partial charge on any atom is 0.254 e. The molecule has 14 nitrogen and oxygen atoms in total. The number of fused-ring (bicyclic) bond motifs is 18. The largest absolute Gasteiger partial charge is 0.496 e. The van der Waals surface area contributed by atoms with Crippen molar-refractivity contribution in [2.24, 2.45) is 0 Å². The Bertz CT molecular complexity index is 2050. The van der Waals surface area contributed by atoms with Gasteiger partial charge in [0, 0.05) is 53.8 Å².